The second-order valence-electron chi connectivity index (χ2n) is 5.48. The van der Waals surface area contributed by atoms with Crippen LogP contribution in [-0.4, -0.2) is 55.1 Å². The van der Waals surface area contributed by atoms with E-state index in [-0.39, 0.29) is 0 Å². The van der Waals surface area contributed by atoms with Crippen molar-refractivity contribution in [1.82, 2.24) is 9.80 Å². The minimum Gasteiger partial charge on any atom is -0.328 e. The molecule has 0 radical (unpaired) electrons. The average Bonchev–Trinajstić information content (AvgIpc) is 2.64. The van der Waals surface area contributed by atoms with Crippen molar-refractivity contribution in [1.29, 1.82) is 0 Å². The summed E-state index contributed by atoms with van der Waals surface area (Å²) >= 11 is 0. The molecule has 3 nitrogen and oxygen atoms in total. The molecule has 0 spiro atoms. The van der Waals surface area contributed by atoms with E-state index in [1.807, 2.05) is 0 Å². The summed E-state index contributed by atoms with van der Waals surface area (Å²) in [6.45, 7) is 11.4. The summed E-state index contributed by atoms with van der Waals surface area (Å²) in [6, 6.07) is 1.07. The van der Waals surface area contributed by atoms with Crippen molar-refractivity contribution >= 4 is 0 Å². The lowest BCUT2D eigenvalue weighted by Gasteiger charge is -2.30. The summed E-state index contributed by atoms with van der Waals surface area (Å²) in [4.78, 5) is 5.06. The standard InChI is InChI=1S/C13H29N3/c1-5-16-8-6-7-13(16)10-15(4)9-11(2)12(3)14/h11-13H,5-10,14H2,1-4H3. The first kappa shape index (κ1) is 13.9. The average molecular weight is 227 g/mol. The molecule has 3 heteroatoms. The van der Waals surface area contributed by atoms with Gasteiger partial charge in [0.05, 0.1) is 0 Å². The van der Waals surface area contributed by atoms with Crippen LogP contribution in [0.15, 0.2) is 0 Å². The Morgan fingerprint density at radius 1 is 1.44 bits per heavy atom. The smallest absolute Gasteiger partial charge is 0.0223 e. The molecule has 0 saturated carbocycles. The van der Waals surface area contributed by atoms with Gasteiger partial charge >= 0.3 is 0 Å². The first-order valence-electron chi connectivity index (χ1n) is 6.72. The normalized spacial score (nSPS) is 26.2. The van der Waals surface area contributed by atoms with Gasteiger partial charge in [-0.25, -0.2) is 0 Å². The highest BCUT2D eigenvalue weighted by Gasteiger charge is 2.24. The molecule has 1 saturated heterocycles. The van der Waals surface area contributed by atoms with Gasteiger partial charge in [0.1, 0.15) is 0 Å². The molecule has 0 aromatic rings. The van der Waals surface area contributed by atoms with E-state index in [0.717, 1.165) is 12.6 Å². The Morgan fingerprint density at radius 2 is 2.12 bits per heavy atom. The predicted molar refractivity (Wildman–Crippen MR) is 70.6 cm³/mol. The molecule has 0 bridgehead atoms. The molecule has 3 unspecified atom stereocenters. The van der Waals surface area contributed by atoms with Crippen LogP contribution in [-0.2, 0) is 0 Å². The number of hydrogen-bond acceptors (Lipinski definition) is 3. The molecule has 1 fully saturated rings. The highest BCUT2D eigenvalue weighted by atomic mass is 15.2. The first-order valence-corrected chi connectivity index (χ1v) is 6.72. The maximum absolute atomic E-state index is 5.91. The predicted octanol–water partition coefficient (Wildman–Crippen LogP) is 1.39. The van der Waals surface area contributed by atoms with Crippen LogP contribution < -0.4 is 5.73 Å². The molecule has 0 amide bonds. The third-order valence-electron chi connectivity index (χ3n) is 3.92. The molecular weight excluding hydrogens is 198 g/mol. The summed E-state index contributed by atoms with van der Waals surface area (Å²) in [5.41, 5.74) is 5.91. The van der Waals surface area contributed by atoms with Gasteiger partial charge in [0.15, 0.2) is 0 Å². The maximum atomic E-state index is 5.91. The van der Waals surface area contributed by atoms with Gasteiger partial charge in [-0.3, -0.25) is 4.90 Å². The van der Waals surface area contributed by atoms with E-state index < -0.39 is 0 Å². The second-order valence-corrected chi connectivity index (χ2v) is 5.48. The number of nitrogens with two attached hydrogens (primary N) is 1. The van der Waals surface area contributed by atoms with Gasteiger partial charge in [-0.05, 0) is 45.8 Å². The molecule has 1 rings (SSSR count). The monoisotopic (exact) mass is 227 g/mol. The maximum Gasteiger partial charge on any atom is 0.0223 e. The lowest BCUT2D eigenvalue weighted by Crippen LogP contribution is -2.42. The lowest BCUT2D eigenvalue weighted by molar-refractivity contribution is 0.181. The summed E-state index contributed by atoms with van der Waals surface area (Å²) in [5, 5.41) is 0. The van der Waals surface area contributed by atoms with Crippen molar-refractivity contribution in [2.24, 2.45) is 11.7 Å². The lowest BCUT2D eigenvalue weighted by atomic mass is 10.0. The second kappa shape index (κ2) is 6.58. The van der Waals surface area contributed by atoms with Gasteiger partial charge < -0.3 is 10.6 Å². The molecule has 1 aliphatic rings. The van der Waals surface area contributed by atoms with E-state index >= 15 is 0 Å². The first-order chi connectivity index (χ1) is 7.54. The van der Waals surface area contributed by atoms with E-state index in [1.54, 1.807) is 0 Å². The summed E-state index contributed by atoms with van der Waals surface area (Å²) in [7, 11) is 2.23. The van der Waals surface area contributed by atoms with Crippen LogP contribution in [0.3, 0.4) is 0 Å². The van der Waals surface area contributed by atoms with E-state index in [2.05, 4.69) is 37.6 Å². The van der Waals surface area contributed by atoms with E-state index in [0.29, 0.717) is 12.0 Å². The quantitative estimate of drug-likeness (QED) is 0.744. The van der Waals surface area contributed by atoms with E-state index in [4.69, 9.17) is 5.73 Å². The summed E-state index contributed by atoms with van der Waals surface area (Å²) < 4.78 is 0. The minimum absolute atomic E-state index is 0.299. The molecule has 96 valence electrons. The Morgan fingerprint density at radius 3 is 2.69 bits per heavy atom. The van der Waals surface area contributed by atoms with Gasteiger partial charge in [-0.2, -0.15) is 0 Å². The third kappa shape index (κ3) is 4.04. The summed E-state index contributed by atoms with van der Waals surface area (Å²) in [5.74, 6) is 0.585. The van der Waals surface area contributed by atoms with Crippen molar-refractivity contribution in [3.63, 3.8) is 0 Å². The van der Waals surface area contributed by atoms with Crippen LogP contribution >= 0.6 is 0 Å². The number of likely N-dealkylation sites (N-methyl/N-ethyl adjacent to an activating group) is 2. The zero-order valence-electron chi connectivity index (χ0n) is 11.4. The van der Waals surface area contributed by atoms with Gasteiger partial charge in [-0.1, -0.05) is 13.8 Å². The van der Waals surface area contributed by atoms with Crippen molar-refractivity contribution in [2.75, 3.05) is 33.2 Å². The number of hydrogen-bond donors (Lipinski definition) is 1. The van der Waals surface area contributed by atoms with Crippen molar-refractivity contribution in [3.05, 3.63) is 0 Å². The highest BCUT2D eigenvalue weighted by molar-refractivity contribution is 4.81. The summed E-state index contributed by atoms with van der Waals surface area (Å²) in [6.07, 6.45) is 2.74. The fourth-order valence-electron chi connectivity index (χ4n) is 2.61. The molecule has 0 aliphatic carbocycles. The molecule has 3 atom stereocenters. The fourth-order valence-corrected chi connectivity index (χ4v) is 2.61. The number of rotatable bonds is 6. The van der Waals surface area contributed by atoms with Gasteiger partial charge in [0.25, 0.3) is 0 Å². The molecule has 1 aliphatic heterocycles. The van der Waals surface area contributed by atoms with Crippen LogP contribution in [0.1, 0.15) is 33.6 Å². The van der Waals surface area contributed by atoms with Crippen molar-refractivity contribution in [3.8, 4) is 0 Å². The van der Waals surface area contributed by atoms with Crippen LogP contribution in [0, 0.1) is 5.92 Å². The Hall–Kier alpha value is -0.120. The zero-order chi connectivity index (χ0) is 12.1. The molecule has 0 aromatic heterocycles. The largest absolute Gasteiger partial charge is 0.328 e. The van der Waals surface area contributed by atoms with Crippen LogP contribution in [0.5, 0.6) is 0 Å². The Bertz CT molecular complexity index is 194. The van der Waals surface area contributed by atoms with E-state index in [1.165, 1.54) is 32.5 Å². The third-order valence-corrected chi connectivity index (χ3v) is 3.92. The van der Waals surface area contributed by atoms with Gasteiger partial charge in [0, 0.05) is 25.2 Å². The SMILES string of the molecule is CCN1CCCC1CN(C)CC(C)C(C)N. The van der Waals surface area contributed by atoms with Crippen LogP contribution in [0.2, 0.25) is 0 Å². The zero-order valence-corrected chi connectivity index (χ0v) is 11.4. The van der Waals surface area contributed by atoms with Gasteiger partial charge in [-0.15, -0.1) is 0 Å². The topological polar surface area (TPSA) is 32.5 Å². The molecule has 0 aromatic carbocycles. The van der Waals surface area contributed by atoms with Gasteiger partial charge in [0.2, 0.25) is 0 Å². The fraction of sp³-hybridized carbons (Fsp3) is 1.00. The minimum atomic E-state index is 0.299. The van der Waals surface area contributed by atoms with E-state index in [9.17, 15) is 0 Å². The Kier molecular flexibility index (Phi) is 5.73. The van der Waals surface area contributed by atoms with Crippen LogP contribution in [0.4, 0.5) is 0 Å². The van der Waals surface area contributed by atoms with Crippen molar-refractivity contribution < 1.29 is 0 Å². The van der Waals surface area contributed by atoms with Crippen molar-refractivity contribution in [2.45, 2.75) is 45.7 Å². The Labute approximate surface area is 101 Å². The molecular formula is C13H29N3. The van der Waals surface area contributed by atoms with Crippen LogP contribution in [0.25, 0.3) is 0 Å². The molecule has 1 heterocycles. The molecule has 16 heavy (non-hydrogen) atoms. The highest BCUT2D eigenvalue weighted by Crippen LogP contribution is 2.17. The Balaban J connectivity index is 2.30. The number of nitrogens with zero attached hydrogens (tertiary/aromatic N) is 2. The molecule has 2 N–H and O–H groups in total. The number of likely N-dealkylation sites (tertiary alicyclic amines) is 1.